The van der Waals surface area contributed by atoms with E-state index in [9.17, 15) is 4.79 Å². The van der Waals surface area contributed by atoms with Crippen LogP contribution in [0.3, 0.4) is 0 Å². The van der Waals surface area contributed by atoms with Crippen LogP contribution in [0.2, 0.25) is 0 Å². The Morgan fingerprint density at radius 3 is 2.87 bits per heavy atom. The topological polar surface area (TPSA) is 74.6 Å². The number of anilines is 1. The number of carbonyl (C=O) groups is 1. The maximum absolute atomic E-state index is 12.2. The summed E-state index contributed by atoms with van der Waals surface area (Å²) in [5.74, 6) is 1.28. The van der Waals surface area contributed by atoms with Crippen LogP contribution in [-0.2, 0) is 22.9 Å². The third kappa shape index (κ3) is 6.72. The lowest BCUT2D eigenvalue weighted by Crippen LogP contribution is -2.07. The van der Waals surface area contributed by atoms with Crippen molar-refractivity contribution in [1.82, 2.24) is 9.78 Å². The molecule has 1 heterocycles. The minimum Gasteiger partial charge on any atom is -0.496 e. The molecule has 0 aliphatic rings. The largest absolute Gasteiger partial charge is 0.496 e. The Hall–Kier alpha value is -3.58. The second-order valence-corrected chi connectivity index (χ2v) is 6.89. The van der Waals surface area contributed by atoms with Gasteiger partial charge in [0, 0.05) is 18.2 Å². The first-order valence-electron chi connectivity index (χ1n) is 10.0. The van der Waals surface area contributed by atoms with Gasteiger partial charge in [-0.05, 0) is 55.3 Å². The highest BCUT2D eigenvalue weighted by Gasteiger charge is 2.06. The van der Waals surface area contributed by atoms with Gasteiger partial charge in [0.15, 0.2) is 0 Å². The van der Waals surface area contributed by atoms with Gasteiger partial charge >= 0.3 is 0 Å². The third-order valence-corrected chi connectivity index (χ3v) is 4.44. The van der Waals surface area contributed by atoms with Gasteiger partial charge in [-0.3, -0.25) is 4.79 Å². The van der Waals surface area contributed by atoms with E-state index in [2.05, 4.69) is 10.4 Å². The number of hydrogen-bond acceptors (Lipinski definition) is 5. The van der Waals surface area contributed by atoms with Gasteiger partial charge < -0.3 is 19.5 Å². The molecule has 1 N–H and O–H groups in total. The summed E-state index contributed by atoms with van der Waals surface area (Å²) >= 11 is 0. The summed E-state index contributed by atoms with van der Waals surface area (Å²) in [7, 11) is 1.63. The molecule has 7 nitrogen and oxygen atoms in total. The molecular weight excluding hydrogens is 394 g/mol. The molecule has 3 aromatic rings. The maximum atomic E-state index is 12.2. The van der Waals surface area contributed by atoms with Crippen molar-refractivity contribution in [3.8, 4) is 11.5 Å². The van der Waals surface area contributed by atoms with Crippen LogP contribution in [0.5, 0.6) is 11.5 Å². The van der Waals surface area contributed by atoms with Crippen LogP contribution in [0.4, 0.5) is 5.69 Å². The Morgan fingerprint density at radius 1 is 1.23 bits per heavy atom. The van der Waals surface area contributed by atoms with E-state index in [1.807, 2.05) is 56.3 Å². The highest BCUT2D eigenvalue weighted by atomic mass is 16.5. The van der Waals surface area contributed by atoms with E-state index in [4.69, 9.17) is 14.2 Å². The summed E-state index contributed by atoms with van der Waals surface area (Å²) in [5.41, 5.74) is 3.50. The van der Waals surface area contributed by atoms with Gasteiger partial charge in [-0.1, -0.05) is 18.2 Å². The molecule has 0 unspecified atom stereocenters. The molecule has 0 aliphatic carbocycles. The first kappa shape index (κ1) is 22.1. The van der Waals surface area contributed by atoms with Gasteiger partial charge in [-0.15, -0.1) is 0 Å². The quantitative estimate of drug-likeness (QED) is 0.491. The molecule has 31 heavy (non-hydrogen) atoms. The molecule has 1 aromatic heterocycles. The van der Waals surface area contributed by atoms with E-state index in [1.165, 1.54) is 6.08 Å². The van der Waals surface area contributed by atoms with Crippen LogP contribution in [0.15, 0.2) is 60.9 Å². The lowest BCUT2D eigenvalue weighted by atomic mass is 10.1. The van der Waals surface area contributed by atoms with E-state index in [1.54, 1.807) is 30.3 Å². The molecule has 0 saturated heterocycles. The molecule has 2 aromatic carbocycles. The molecule has 0 fully saturated rings. The summed E-state index contributed by atoms with van der Waals surface area (Å²) in [6.07, 6.45) is 6.52. The number of benzene rings is 2. The van der Waals surface area contributed by atoms with Crippen LogP contribution in [0.25, 0.3) is 6.08 Å². The Morgan fingerprint density at radius 2 is 2.10 bits per heavy atom. The smallest absolute Gasteiger partial charge is 0.248 e. The summed E-state index contributed by atoms with van der Waals surface area (Å²) in [4.78, 5) is 12.2. The fourth-order valence-electron chi connectivity index (χ4n) is 2.92. The number of methoxy groups -OCH3 is 1. The first-order chi connectivity index (χ1) is 15.1. The molecule has 0 radical (unpaired) electrons. The van der Waals surface area contributed by atoms with Crippen LogP contribution < -0.4 is 14.8 Å². The molecule has 0 saturated carbocycles. The molecule has 3 rings (SSSR count). The van der Waals surface area contributed by atoms with Crippen LogP contribution in [-0.4, -0.2) is 29.4 Å². The van der Waals surface area contributed by atoms with Crippen molar-refractivity contribution in [1.29, 1.82) is 0 Å². The lowest BCUT2D eigenvalue weighted by molar-refractivity contribution is -0.111. The number of aromatic nitrogens is 2. The average Bonchev–Trinajstić information content (AvgIpc) is 3.22. The number of hydrogen-bond donors (Lipinski definition) is 1. The second-order valence-electron chi connectivity index (χ2n) is 6.89. The monoisotopic (exact) mass is 421 g/mol. The number of nitrogens with one attached hydrogen (secondary N) is 1. The van der Waals surface area contributed by atoms with Crippen molar-refractivity contribution in [2.24, 2.45) is 0 Å². The van der Waals surface area contributed by atoms with Gasteiger partial charge in [0.1, 0.15) is 24.8 Å². The molecule has 7 heteroatoms. The summed E-state index contributed by atoms with van der Waals surface area (Å²) in [6.45, 7) is 5.25. The molecule has 1 amide bonds. The predicted molar refractivity (Wildman–Crippen MR) is 120 cm³/mol. The lowest BCUT2D eigenvalue weighted by Gasteiger charge is -2.11. The van der Waals surface area contributed by atoms with E-state index in [-0.39, 0.29) is 5.91 Å². The number of rotatable bonds is 10. The minimum atomic E-state index is -0.246. The molecule has 162 valence electrons. The number of ether oxygens (including phenoxy) is 3. The summed E-state index contributed by atoms with van der Waals surface area (Å²) in [6, 6.07) is 13.6. The Labute approximate surface area is 182 Å². The van der Waals surface area contributed by atoms with Crippen LogP contribution in [0.1, 0.15) is 23.6 Å². The maximum Gasteiger partial charge on any atom is 0.248 e. The number of nitrogens with zero attached hydrogens (tertiary/aromatic N) is 2. The Kier molecular flexibility index (Phi) is 7.84. The molecule has 0 bridgehead atoms. The van der Waals surface area contributed by atoms with Gasteiger partial charge in [-0.25, -0.2) is 4.68 Å². The van der Waals surface area contributed by atoms with Gasteiger partial charge in [0.2, 0.25) is 5.91 Å². The van der Waals surface area contributed by atoms with Crippen molar-refractivity contribution in [3.63, 3.8) is 0 Å². The number of carbonyl (C=O) groups excluding carboxylic acids is 1. The fraction of sp³-hybridized carbons (Fsp3) is 0.250. The Balaban J connectivity index is 1.62. The zero-order valence-corrected chi connectivity index (χ0v) is 18.0. The Bertz CT molecular complexity index is 1040. The van der Waals surface area contributed by atoms with Crippen LogP contribution in [0, 0.1) is 6.92 Å². The van der Waals surface area contributed by atoms with Crippen LogP contribution >= 0.6 is 0 Å². The number of amides is 1. The van der Waals surface area contributed by atoms with Crippen molar-refractivity contribution in [3.05, 3.63) is 77.6 Å². The normalized spacial score (nSPS) is 10.9. The van der Waals surface area contributed by atoms with Crippen molar-refractivity contribution in [2.75, 3.05) is 19.0 Å². The molecular formula is C24H27N3O4. The molecule has 0 spiro atoms. The standard InChI is InChI=1S/C24H27N3O4/c1-4-30-17-27-15-21(14-25-27)26-24(28)11-9-19-8-10-23(29-3)20(13-19)16-31-22-7-5-6-18(2)12-22/h5-15H,4,16-17H2,1-3H3,(H,26,28)/b11-9+. The average molecular weight is 421 g/mol. The van der Waals surface area contributed by atoms with E-state index in [0.717, 1.165) is 28.2 Å². The van der Waals surface area contributed by atoms with Crippen molar-refractivity contribution in [2.45, 2.75) is 27.2 Å². The number of aryl methyl sites for hydroxylation is 1. The second kappa shape index (κ2) is 11.0. The van der Waals surface area contributed by atoms with Gasteiger partial charge in [-0.2, -0.15) is 5.10 Å². The minimum absolute atomic E-state index is 0.246. The third-order valence-electron chi connectivity index (χ3n) is 4.44. The van der Waals surface area contributed by atoms with E-state index >= 15 is 0 Å². The molecule has 0 aliphatic heterocycles. The fourth-order valence-corrected chi connectivity index (χ4v) is 2.92. The highest BCUT2D eigenvalue weighted by Crippen LogP contribution is 2.23. The van der Waals surface area contributed by atoms with E-state index in [0.29, 0.717) is 25.6 Å². The SMILES string of the molecule is CCOCn1cc(NC(=O)/C=C/c2ccc(OC)c(COc3cccc(C)c3)c2)cn1. The highest BCUT2D eigenvalue weighted by molar-refractivity contribution is 6.01. The van der Waals surface area contributed by atoms with Crippen molar-refractivity contribution < 1.29 is 19.0 Å². The van der Waals surface area contributed by atoms with Gasteiger partial charge in [0.05, 0.1) is 25.2 Å². The summed E-state index contributed by atoms with van der Waals surface area (Å²) in [5, 5.41) is 6.92. The zero-order chi connectivity index (χ0) is 22.1. The zero-order valence-electron chi connectivity index (χ0n) is 18.0. The summed E-state index contributed by atoms with van der Waals surface area (Å²) < 4.78 is 18.2. The predicted octanol–water partition coefficient (Wildman–Crippen LogP) is 4.43. The van der Waals surface area contributed by atoms with Gasteiger partial charge in [0.25, 0.3) is 0 Å². The first-order valence-corrected chi connectivity index (χ1v) is 10.0. The molecule has 0 atom stereocenters. The van der Waals surface area contributed by atoms with E-state index < -0.39 is 0 Å². The van der Waals surface area contributed by atoms with Crippen molar-refractivity contribution >= 4 is 17.7 Å².